The Labute approximate surface area is 159 Å². The van der Waals surface area contributed by atoms with Crippen molar-refractivity contribution in [2.24, 2.45) is 0 Å². The molecule has 1 aromatic heterocycles. The first kappa shape index (κ1) is 18.2. The van der Waals surface area contributed by atoms with Crippen LogP contribution in [-0.2, 0) is 13.0 Å². The van der Waals surface area contributed by atoms with Crippen LogP contribution < -0.4 is 5.32 Å². The molecule has 0 aliphatic carbocycles. The van der Waals surface area contributed by atoms with E-state index in [9.17, 15) is 10.2 Å². The Morgan fingerprint density at radius 2 is 1.78 bits per heavy atom. The fourth-order valence-electron chi connectivity index (χ4n) is 3.73. The van der Waals surface area contributed by atoms with E-state index in [1.165, 1.54) is 11.1 Å². The minimum Gasteiger partial charge on any atom is -0.458 e. The first-order valence-electron chi connectivity index (χ1n) is 9.53. The van der Waals surface area contributed by atoms with Crippen LogP contribution in [0.3, 0.4) is 0 Å². The number of aliphatic hydroxyl groups is 2. The Bertz CT molecular complexity index is 859. The van der Waals surface area contributed by atoms with Crippen LogP contribution >= 0.6 is 0 Å². The second-order valence-corrected chi connectivity index (χ2v) is 7.27. The molecule has 3 N–H and O–H groups in total. The minimum atomic E-state index is -0.730. The molecule has 0 amide bonds. The maximum Gasteiger partial charge on any atom is 0.135 e. The number of hydrogen-bond acceptors (Lipinski definition) is 5. The van der Waals surface area contributed by atoms with Gasteiger partial charge >= 0.3 is 0 Å². The summed E-state index contributed by atoms with van der Waals surface area (Å²) in [5.74, 6) is 0.547. The van der Waals surface area contributed by atoms with Crippen molar-refractivity contribution in [2.45, 2.75) is 25.2 Å². The first-order chi connectivity index (χ1) is 13.2. The molecule has 5 heteroatoms. The number of rotatable bonds is 7. The Morgan fingerprint density at radius 3 is 2.63 bits per heavy atom. The number of para-hydroxylation sites is 1. The standard InChI is InChI=1S/C22H26N2O3/c25-19(15-24-10-9-16-5-1-2-7-18(16)14-24)12-23-13-20(26)22-11-17-6-3-4-8-21(17)27-22/h1-8,11,19-20,23,25-26H,9-10,12-15H2/t19-,20?/m1/s1. The van der Waals surface area contributed by atoms with Crippen LogP contribution in [0.25, 0.3) is 11.0 Å². The second kappa shape index (κ2) is 8.23. The van der Waals surface area contributed by atoms with Gasteiger partial charge in [0, 0.05) is 38.1 Å². The van der Waals surface area contributed by atoms with E-state index in [0.29, 0.717) is 25.4 Å². The van der Waals surface area contributed by atoms with Crippen LogP contribution in [0, 0.1) is 0 Å². The SMILES string of the molecule is OC(CNC[C@@H](O)CN1CCc2ccccc2C1)c1cc2ccccc2o1. The zero-order valence-electron chi connectivity index (χ0n) is 15.3. The molecular formula is C22H26N2O3. The van der Waals surface area contributed by atoms with Gasteiger partial charge in [0.1, 0.15) is 17.4 Å². The fourth-order valence-corrected chi connectivity index (χ4v) is 3.73. The van der Waals surface area contributed by atoms with Crippen molar-refractivity contribution < 1.29 is 14.6 Å². The van der Waals surface area contributed by atoms with E-state index in [0.717, 1.165) is 30.5 Å². The van der Waals surface area contributed by atoms with Crippen molar-refractivity contribution in [1.29, 1.82) is 0 Å². The van der Waals surface area contributed by atoms with Crippen molar-refractivity contribution in [1.82, 2.24) is 10.2 Å². The molecule has 0 fully saturated rings. The monoisotopic (exact) mass is 366 g/mol. The molecule has 0 radical (unpaired) electrons. The number of nitrogens with one attached hydrogen (secondary N) is 1. The summed E-state index contributed by atoms with van der Waals surface area (Å²) >= 11 is 0. The van der Waals surface area contributed by atoms with Crippen molar-refractivity contribution in [2.75, 3.05) is 26.2 Å². The molecule has 4 rings (SSSR count). The summed E-state index contributed by atoms with van der Waals surface area (Å²) in [5.41, 5.74) is 3.54. The number of hydrogen-bond donors (Lipinski definition) is 3. The molecule has 1 aliphatic heterocycles. The fraction of sp³-hybridized carbons (Fsp3) is 0.364. The van der Waals surface area contributed by atoms with E-state index in [1.807, 2.05) is 30.3 Å². The lowest BCUT2D eigenvalue weighted by Gasteiger charge is -2.30. The predicted molar refractivity (Wildman–Crippen MR) is 105 cm³/mol. The van der Waals surface area contributed by atoms with Crippen LogP contribution in [0.15, 0.2) is 59.0 Å². The number of fused-ring (bicyclic) bond motifs is 2. The Kier molecular flexibility index (Phi) is 5.55. The maximum absolute atomic E-state index is 10.3. The summed E-state index contributed by atoms with van der Waals surface area (Å²) in [7, 11) is 0. The average Bonchev–Trinajstić information content (AvgIpc) is 3.12. The molecule has 5 nitrogen and oxygen atoms in total. The highest BCUT2D eigenvalue weighted by molar-refractivity contribution is 5.77. The zero-order chi connectivity index (χ0) is 18.6. The summed E-state index contributed by atoms with van der Waals surface area (Å²) in [6.07, 6.45) is -0.175. The molecular weight excluding hydrogens is 340 g/mol. The molecule has 142 valence electrons. The first-order valence-corrected chi connectivity index (χ1v) is 9.53. The smallest absolute Gasteiger partial charge is 0.135 e. The van der Waals surface area contributed by atoms with Crippen molar-refractivity contribution >= 4 is 11.0 Å². The van der Waals surface area contributed by atoms with E-state index in [4.69, 9.17) is 4.42 Å². The Hall–Kier alpha value is -2.18. The third-order valence-corrected chi connectivity index (χ3v) is 5.17. The topological polar surface area (TPSA) is 68.9 Å². The molecule has 2 aromatic carbocycles. The van der Waals surface area contributed by atoms with Gasteiger partial charge in [-0.15, -0.1) is 0 Å². The number of benzene rings is 2. The second-order valence-electron chi connectivity index (χ2n) is 7.27. The summed E-state index contributed by atoms with van der Waals surface area (Å²) in [6, 6.07) is 18.1. The number of β-amino-alcohol motifs (C(OH)–C–C–N with tert-alkyl or cyclic N) is 1. The van der Waals surface area contributed by atoms with Crippen LogP contribution in [0.4, 0.5) is 0 Å². The third-order valence-electron chi connectivity index (χ3n) is 5.17. The third kappa shape index (κ3) is 4.39. The Morgan fingerprint density at radius 1 is 1.00 bits per heavy atom. The largest absolute Gasteiger partial charge is 0.458 e. The van der Waals surface area contributed by atoms with Crippen molar-refractivity contribution in [3.8, 4) is 0 Å². The summed E-state index contributed by atoms with van der Waals surface area (Å²) in [5, 5.41) is 24.8. The van der Waals surface area contributed by atoms with Gasteiger partial charge in [-0.25, -0.2) is 0 Å². The molecule has 0 saturated heterocycles. The number of aliphatic hydroxyl groups excluding tert-OH is 2. The molecule has 2 atom stereocenters. The van der Waals surface area contributed by atoms with Gasteiger partial charge in [-0.3, -0.25) is 4.90 Å². The molecule has 0 bridgehead atoms. The van der Waals surface area contributed by atoms with Gasteiger partial charge in [0.15, 0.2) is 0 Å². The van der Waals surface area contributed by atoms with Crippen LogP contribution in [-0.4, -0.2) is 47.4 Å². The molecule has 3 aromatic rings. The molecule has 27 heavy (non-hydrogen) atoms. The lowest BCUT2D eigenvalue weighted by molar-refractivity contribution is 0.0959. The van der Waals surface area contributed by atoms with Gasteiger partial charge in [-0.2, -0.15) is 0 Å². The highest BCUT2D eigenvalue weighted by atomic mass is 16.4. The van der Waals surface area contributed by atoms with Gasteiger partial charge in [0.2, 0.25) is 0 Å². The lowest BCUT2D eigenvalue weighted by atomic mass is 10.00. The van der Waals surface area contributed by atoms with E-state index in [1.54, 1.807) is 0 Å². The van der Waals surface area contributed by atoms with E-state index < -0.39 is 12.2 Å². The summed E-state index contributed by atoms with van der Waals surface area (Å²) < 4.78 is 5.68. The van der Waals surface area contributed by atoms with Gasteiger partial charge in [0.25, 0.3) is 0 Å². The molecule has 1 unspecified atom stereocenters. The minimum absolute atomic E-state index is 0.347. The zero-order valence-corrected chi connectivity index (χ0v) is 15.3. The molecule has 0 spiro atoms. The van der Waals surface area contributed by atoms with E-state index >= 15 is 0 Å². The Balaban J connectivity index is 1.23. The summed E-state index contributed by atoms with van der Waals surface area (Å²) in [6.45, 7) is 3.27. The average molecular weight is 366 g/mol. The predicted octanol–water partition coefficient (Wildman–Crippen LogP) is 2.48. The van der Waals surface area contributed by atoms with Gasteiger partial charge in [-0.1, -0.05) is 42.5 Å². The van der Waals surface area contributed by atoms with E-state index in [-0.39, 0.29) is 0 Å². The van der Waals surface area contributed by atoms with Crippen LogP contribution in [0.2, 0.25) is 0 Å². The number of furan rings is 1. The highest BCUT2D eigenvalue weighted by Gasteiger charge is 2.19. The van der Waals surface area contributed by atoms with Crippen LogP contribution in [0.5, 0.6) is 0 Å². The number of nitrogens with zero attached hydrogens (tertiary/aromatic N) is 1. The van der Waals surface area contributed by atoms with Crippen molar-refractivity contribution in [3.63, 3.8) is 0 Å². The quantitative estimate of drug-likeness (QED) is 0.599. The van der Waals surface area contributed by atoms with Gasteiger partial charge < -0.3 is 19.9 Å². The van der Waals surface area contributed by atoms with Gasteiger partial charge in [0.05, 0.1) is 6.10 Å². The normalized spacial score (nSPS) is 17.0. The van der Waals surface area contributed by atoms with Gasteiger partial charge in [-0.05, 0) is 29.7 Å². The lowest BCUT2D eigenvalue weighted by Crippen LogP contribution is -2.41. The molecule has 2 heterocycles. The molecule has 0 saturated carbocycles. The highest BCUT2D eigenvalue weighted by Crippen LogP contribution is 2.23. The molecule has 1 aliphatic rings. The van der Waals surface area contributed by atoms with Crippen molar-refractivity contribution in [3.05, 3.63) is 71.5 Å². The maximum atomic E-state index is 10.3. The van der Waals surface area contributed by atoms with Crippen LogP contribution in [0.1, 0.15) is 23.0 Å². The summed E-state index contributed by atoms with van der Waals surface area (Å²) in [4.78, 5) is 2.28. The van der Waals surface area contributed by atoms with E-state index in [2.05, 4.69) is 34.5 Å².